The van der Waals surface area contributed by atoms with Gasteiger partial charge in [-0.15, -0.1) is 0 Å². The van der Waals surface area contributed by atoms with Crippen LogP contribution in [0.5, 0.6) is 17.2 Å². The van der Waals surface area contributed by atoms with Crippen LogP contribution in [0.4, 0.5) is 0 Å². The van der Waals surface area contributed by atoms with Crippen molar-refractivity contribution in [2.45, 2.75) is 33.1 Å². The quantitative estimate of drug-likeness (QED) is 0.492. The van der Waals surface area contributed by atoms with Crippen LogP contribution in [0.3, 0.4) is 0 Å². The van der Waals surface area contributed by atoms with E-state index >= 15 is 0 Å². The van der Waals surface area contributed by atoms with Crippen LogP contribution in [-0.2, 0) is 10.2 Å². The van der Waals surface area contributed by atoms with E-state index in [1.165, 1.54) is 0 Å². The van der Waals surface area contributed by atoms with Crippen LogP contribution in [-0.4, -0.2) is 19.2 Å². The van der Waals surface area contributed by atoms with E-state index in [1.54, 1.807) is 18.2 Å². The van der Waals surface area contributed by atoms with Gasteiger partial charge in [-0.2, -0.15) is 0 Å². The maximum absolute atomic E-state index is 12.2. The van der Waals surface area contributed by atoms with Crippen molar-refractivity contribution < 1.29 is 19.0 Å². The van der Waals surface area contributed by atoms with E-state index in [0.29, 0.717) is 23.9 Å². The molecular weight excluding hydrogens is 384 g/mol. The fraction of sp³-hybridized carbons (Fsp3) is 0.350. The molecule has 2 rings (SSSR count). The van der Waals surface area contributed by atoms with Crippen molar-refractivity contribution in [1.29, 1.82) is 0 Å². The smallest absolute Gasteiger partial charge is 0.349 e. The van der Waals surface area contributed by atoms with Crippen molar-refractivity contribution >= 4 is 21.9 Å². The average Bonchev–Trinajstić information content (AvgIpc) is 2.55. The van der Waals surface area contributed by atoms with Crippen LogP contribution in [0, 0.1) is 0 Å². The number of esters is 1. The number of hydrogen-bond acceptors (Lipinski definition) is 4. The molecule has 0 amide bonds. The maximum atomic E-state index is 12.2. The van der Waals surface area contributed by atoms with E-state index in [2.05, 4.69) is 36.7 Å². The molecule has 0 radical (unpaired) electrons. The zero-order valence-electron chi connectivity index (χ0n) is 15.0. The zero-order chi connectivity index (χ0) is 18.4. The van der Waals surface area contributed by atoms with E-state index in [0.717, 1.165) is 10.0 Å². The summed E-state index contributed by atoms with van der Waals surface area (Å²) in [6, 6.07) is 12.8. The van der Waals surface area contributed by atoms with Gasteiger partial charge in [0.1, 0.15) is 5.75 Å². The van der Waals surface area contributed by atoms with Crippen molar-refractivity contribution in [3.63, 3.8) is 0 Å². The second-order valence-corrected chi connectivity index (χ2v) is 7.45. The molecule has 2 aromatic rings. The van der Waals surface area contributed by atoms with Crippen LogP contribution in [0.15, 0.2) is 46.9 Å². The molecule has 0 aliphatic heterocycles. The second-order valence-electron chi connectivity index (χ2n) is 6.53. The summed E-state index contributed by atoms with van der Waals surface area (Å²) in [6.45, 7) is 8.49. The first-order valence-electron chi connectivity index (χ1n) is 8.16. The van der Waals surface area contributed by atoms with Crippen molar-refractivity contribution in [2.75, 3.05) is 13.2 Å². The standard InChI is InChI=1S/C20H23BrO4/c1-5-23-17-8-6-7-9-18(17)25-19(22)13-24-16-11-10-14(21)12-15(16)20(2,3)4/h6-12H,5,13H2,1-4H3. The second kappa shape index (κ2) is 8.39. The summed E-state index contributed by atoms with van der Waals surface area (Å²) in [5.74, 6) is 1.13. The monoisotopic (exact) mass is 406 g/mol. The molecule has 0 bridgehead atoms. The minimum Gasteiger partial charge on any atom is -0.490 e. The summed E-state index contributed by atoms with van der Waals surface area (Å²) in [6.07, 6.45) is 0. The van der Waals surface area contributed by atoms with Crippen molar-refractivity contribution in [2.24, 2.45) is 0 Å². The number of halogens is 1. The third kappa shape index (κ3) is 5.49. The van der Waals surface area contributed by atoms with Crippen LogP contribution in [0.2, 0.25) is 0 Å². The lowest BCUT2D eigenvalue weighted by molar-refractivity contribution is -0.136. The fourth-order valence-electron chi connectivity index (χ4n) is 2.31. The molecule has 0 saturated carbocycles. The first-order chi connectivity index (χ1) is 11.8. The minimum absolute atomic E-state index is 0.107. The van der Waals surface area contributed by atoms with Gasteiger partial charge in [0.15, 0.2) is 18.1 Å². The van der Waals surface area contributed by atoms with Gasteiger partial charge in [0.2, 0.25) is 0 Å². The van der Waals surface area contributed by atoms with Gasteiger partial charge in [0.05, 0.1) is 6.61 Å². The summed E-state index contributed by atoms with van der Waals surface area (Å²) in [7, 11) is 0. The summed E-state index contributed by atoms with van der Waals surface area (Å²) in [5, 5.41) is 0. The lowest BCUT2D eigenvalue weighted by atomic mass is 9.86. The van der Waals surface area contributed by atoms with Crippen molar-refractivity contribution in [3.05, 3.63) is 52.5 Å². The van der Waals surface area contributed by atoms with Gasteiger partial charge < -0.3 is 14.2 Å². The number of hydrogen-bond donors (Lipinski definition) is 0. The van der Waals surface area contributed by atoms with Gasteiger partial charge in [0, 0.05) is 10.0 Å². The van der Waals surface area contributed by atoms with Crippen molar-refractivity contribution in [3.8, 4) is 17.2 Å². The molecule has 25 heavy (non-hydrogen) atoms. The molecule has 0 fully saturated rings. The van der Waals surface area contributed by atoms with E-state index in [9.17, 15) is 4.79 Å². The first-order valence-corrected chi connectivity index (χ1v) is 8.96. The largest absolute Gasteiger partial charge is 0.490 e. The van der Waals surface area contributed by atoms with Crippen LogP contribution in [0.1, 0.15) is 33.3 Å². The molecule has 5 heteroatoms. The first kappa shape index (κ1) is 19.3. The molecule has 0 saturated heterocycles. The Balaban J connectivity index is 2.06. The Hall–Kier alpha value is -2.01. The van der Waals surface area contributed by atoms with E-state index < -0.39 is 5.97 Å². The Morgan fingerprint density at radius 1 is 1.00 bits per heavy atom. The predicted molar refractivity (Wildman–Crippen MR) is 102 cm³/mol. The minimum atomic E-state index is -0.477. The highest BCUT2D eigenvalue weighted by Crippen LogP contribution is 2.33. The number of benzene rings is 2. The summed E-state index contributed by atoms with van der Waals surface area (Å²) < 4.78 is 17.5. The number of ether oxygens (including phenoxy) is 3. The highest BCUT2D eigenvalue weighted by molar-refractivity contribution is 9.10. The normalized spacial score (nSPS) is 11.1. The Bertz CT molecular complexity index is 735. The molecule has 0 aliphatic rings. The number of rotatable bonds is 6. The predicted octanol–water partition coefficient (Wildman–Crippen LogP) is 5.13. The molecule has 4 nitrogen and oxygen atoms in total. The van der Waals surface area contributed by atoms with Crippen LogP contribution in [0.25, 0.3) is 0 Å². The number of carbonyl (C=O) groups is 1. The lowest BCUT2D eigenvalue weighted by Crippen LogP contribution is -2.20. The van der Waals surface area contributed by atoms with Gasteiger partial charge in [-0.1, -0.05) is 48.8 Å². The highest BCUT2D eigenvalue weighted by Gasteiger charge is 2.20. The van der Waals surface area contributed by atoms with E-state index in [1.807, 2.05) is 31.2 Å². The molecule has 0 aliphatic carbocycles. The van der Waals surface area contributed by atoms with E-state index in [4.69, 9.17) is 14.2 Å². The molecular formula is C20H23BrO4. The van der Waals surface area contributed by atoms with Gasteiger partial charge >= 0.3 is 5.97 Å². The summed E-state index contributed by atoms with van der Waals surface area (Å²) >= 11 is 3.47. The molecule has 0 spiro atoms. The van der Waals surface area contributed by atoms with Gasteiger partial charge in [0.25, 0.3) is 0 Å². The Kier molecular flexibility index (Phi) is 6.48. The van der Waals surface area contributed by atoms with Gasteiger partial charge in [-0.25, -0.2) is 4.79 Å². The third-order valence-electron chi connectivity index (χ3n) is 3.47. The fourth-order valence-corrected chi connectivity index (χ4v) is 2.67. The van der Waals surface area contributed by atoms with Gasteiger partial charge in [-0.3, -0.25) is 0 Å². The Morgan fingerprint density at radius 2 is 1.68 bits per heavy atom. The third-order valence-corrected chi connectivity index (χ3v) is 3.96. The molecule has 0 aromatic heterocycles. The molecule has 2 aromatic carbocycles. The maximum Gasteiger partial charge on any atom is 0.349 e. The molecule has 0 unspecified atom stereocenters. The topological polar surface area (TPSA) is 44.8 Å². The van der Waals surface area contributed by atoms with E-state index in [-0.39, 0.29) is 12.0 Å². The highest BCUT2D eigenvalue weighted by atomic mass is 79.9. The summed E-state index contributed by atoms with van der Waals surface area (Å²) in [5.41, 5.74) is 0.911. The van der Waals surface area contributed by atoms with Crippen LogP contribution < -0.4 is 14.2 Å². The lowest BCUT2D eigenvalue weighted by Gasteiger charge is -2.23. The Morgan fingerprint density at radius 3 is 2.32 bits per heavy atom. The SMILES string of the molecule is CCOc1ccccc1OC(=O)COc1ccc(Br)cc1C(C)(C)C. The van der Waals surface area contributed by atoms with Crippen LogP contribution >= 0.6 is 15.9 Å². The van der Waals surface area contributed by atoms with Gasteiger partial charge in [-0.05, 0) is 42.7 Å². The molecule has 0 heterocycles. The average molecular weight is 407 g/mol. The Labute approximate surface area is 157 Å². The number of para-hydroxylation sites is 2. The zero-order valence-corrected chi connectivity index (χ0v) is 16.6. The molecule has 134 valence electrons. The number of carbonyl (C=O) groups excluding carboxylic acids is 1. The van der Waals surface area contributed by atoms with Crippen molar-refractivity contribution in [1.82, 2.24) is 0 Å². The molecule has 0 atom stereocenters. The molecule has 0 N–H and O–H groups in total. The summed E-state index contributed by atoms with van der Waals surface area (Å²) in [4.78, 5) is 12.2.